The monoisotopic (exact) mass is 233 g/mol. The van der Waals surface area contributed by atoms with Gasteiger partial charge in [-0.3, -0.25) is 4.79 Å². The summed E-state index contributed by atoms with van der Waals surface area (Å²) in [4.78, 5) is 13.3. The lowest BCUT2D eigenvalue weighted by molar-refractivity contribution is 0.0791. The Morgan fingerprint density at radius 1 is 1.53 bits per heavy atom. The number of carbonyl (C=O) groups excluding carboxylic acids is 1. The SMILES string of the molecule is CCNc1ccc(C(=O)N(C)CCC#N)nn1. The number of nitrogens with one attached hydrogen (secondary N) is 1. The average Bonchev–Trinajstić information content (AvgIpc) is 2.36. The highest BCUT2D eigenvalue weighted by Gasteiger charge is 2.13. The van der Waals surface area contributed by atoms with Crippen LogP contribution in [0.2, 0.25) is 0 Å². The van der Waals surface area contributed by atoms with Crippen LogP contribution in [-0.2, 0) is 0 Å². The average molecular weight is 233 g/mol. The number of hydrogen-bond donors (Lipinski definition) is 1. The van der Waals surface area contributed by atoms with Crippen molar-refractivity contribution < 1.29 is 4.79 Å². The van der Waals surface area contributed by atoms with E-state index in [0.717, 1.165) is 6.54 Å². The summed E-state index contributed by atoms with van der Waals surface area (Å²) >= 11 is 0. The predicted molar refractivity (Wildman–Crippen MR) is 63.4 cm³/mol. The Bertz CT molecular complexity index is 409. The summed E-state index contributed by atoms with van der Waals surface area (Å²) < 4.78 is 0. The zero-order chi connectivity index (χ0) is 12.7. The predicted octanol–water partition coefficient (Wildman–Crippen LogP) is 0.894. The highest BCUT2D eigenvalue weighted by atomic mass is 16.2. The fourth-order valence-corrected chi connectivity index (χ4v) is 1.24. The molecule has 6 heteroatoms. The molecule has 0 aromatic carbocycles. The second-order valence-corrected chi connectivity index (χ2v) is 3.47. The van der Waals surface area contributed by atoms with Crippen molar-refractivity contribution in [2.24, 2.45) is 0 Å². The summed E-state index contributed by atoms with van der Waals surface area (Å²) in [6.07, 6.45) is 0.311. The molecule has 1 amide bonds. The van der Waals surface area contributed by atoms with Gasteiger partial charge in [-0.25, -0.2) is 0 Å². The summed E-state index contributed by atoms with van der Waals surface area (Å²) in [5.41, 5.74) is 0.284. The van der Waals surface area contributed by atoms with Crippen LogP contribution < -0.4 is 5.32 Å². The minimum atomic E-state index is -0.226. The summed E-state index contributed by atoms with van der Waals surface area (Å²) in [7, 11) is 1.64. The molecule has 1 aromatic heterocycles. The van der Waals surface area contributed by atoms with Gasteiger partial charge < -0.3 is 10.2 Å². The third-order valence-corrected chi connectivity index (χ3v) is 2.15. The lowest BCUT2D eigenvalue weighted by atomic mass is 10.3. The largest absolute Gasteiger partial charge is 0.369 e. The maximum Gasteiger partial charge on any atom is 0.274 e. The number of nitrogens with zero attached hydrogens (tertiary/aromatic N) is 4. The van der Waals surface area contributed by atoms with E-state index in [4.69, 9.17) is 5.26 Å². The van der Waals surface area contributed by atoms with Crippen molar-refractivity contribution in [3.8, 4) is 6.07 Å². The van der Waals surface area contributed by atoms with E-state index < -0.39 is 0 Å². The Balaban J connectivity index is 2.66. The number of hydrogen-bond acceptors (Lipinski definition) is 5. The summed E-state index contributed by atoms with van der Waals surface area (Å²) in [6.45, 7) is 3.10. The van der Waals surface area contributed by atoms with Crippen LogP contribution >= 0.6 is 0 Å². The molecule has 0 fully saturated rings. The molecule has 0 unspecified atom stereocenters. The van der Waals surface area contributed by atoms with Gasteiger partial charge in [0.1, 0.15) is 5.82 Å². The van der Waals surface area contributed by atoms with Gasteiger partial charge in [-0.2, -0.15) is 5.26 Å². The van der Waals surface area contributed by atoms with Crippen molar-refractivity contribution in [3.63, 3.8) is 0 Å². The third-order valence-electron chi connectivity index (χ3n) is 2.15. The fraction of sp³-hybridized carbons (Fsp3) is 0.455. The molecule has 0 aliphatic carbocycles. The first-order valence-electron chi connectivity index (χ1n) is 5.39. The van der Waals surface area contributed by atoms with Crippen molar-refractivity contribution >= 4 is 11.7 Å². The van der Waals surface area contributed by atoms with E-state index in [0.29, 0.717) is 18.8 Å². The molecule has 0 aliphatic heterocycles. The van der Waals surface area contributed by atoms with E-state index in [-0.39, 0.29) is 11.6 Å². The first-order chi connectivity index (χ1) is 8.19. The molecule has 0 saturated heterocycles. The van der Waals surface area contributed by atoms with Gasteiger partial charge in [-0.1, -0.05) is 0 Å². The highest BCUT2D eigenvalue weighted by Crippen LogP contribution is 2.04. The van der Waals surface area contributed by atoms with E-state index in [1.807, 2.05) is 13.0 Å². The molecule has 1 aromatic rings. The first kappa shape index (κ1) is 12.9. The fourth-order valence-electron chi connectivity index (χ4n) is 1.24. The maximum absolute atomic E-state index is 11.8. The van der Waals surface area contributed by atoms with Crippen molar-refractivity contribution in [1.29, 1.82) is 5.26 Å². The van der Waals surface area contributed by atoms with E-state index in [1.165, 1.54) is 4.90 Å². The number of carbonyl (C=O) groups is 1. The Morgan fingerprint density at radius 2 is 2.29 bits per heavy atom. The minimum absolute atomic E-state index is 0.226. The Kier molecular flexibility index (Phi) is 4.88. The molecule has 1 rings (SSSR count). The molecule has 1 heterocycles. The quantitative estimate of drug-likeness (QED) is 0.816. The van der Waals surface area contributed by atoms with E-state index in [2.05, 4.69) is 15.5 Å². The van der Waals surface area contributed by atoms with Crippen LogP contribution in [0, 0.1) is 11.3 Å². The Morgan fingerprint density at radius 3 is 2.82 bits per heavy atom. The topological polar surface area (TPSA) is 81.9 Å². The summed E-state index contributed by atoms with van der Waals surface area (Å²) in [5.74, 6) is 0.416. The van der Waals surface area contributed by atoms with E-state index in [9.17, 15) is 4.79 Å². The van der Waals surface area contributed by atoms with Crippen molar-refractivity contribution in [1.82, 2.24) is 15.1 Å². The Labute approximate surface area is 100 Å². The molecule has 0 atom stereocenters. The van der Waals surface area contributed by atoms with Gasteiger partial charge in [0, 0.05) is 20.1 Å². The zero-order valence-corrected chi connectivity index (χ0v) is 9.97. The van der Waals surface area contributed by atoms with Crippen LogP contribution in [-0.4, -0.2) is 41.1 Å². The standard InChI is InChI=1S/C11H15N5O/c1-3-13-10-6-5-9(14-15-10)11(17)16(2)8-4-7-12/h5-6H,3-4,8H2,1-2H3,(H,13,15). The van der Waals surface area contributed by atoms with Gasteiger partial charge in [0.2, 0.25) is 0 Å². The molecule has 1 N–H and O–H groups in total. The lowest BCUT2D eigenvalue weighted by Crippen LogP contribution is -2.28. The molecular weight excluding hydrogens is 218 g/mol. The molecule has 90 valence electrons. The molecule has 0 saturated carbocycles. The van der Waals surface area contributed by atoms with Crippen LogP contribution in [0.5, 0.6) is 0 Å². The maximum atomic E-state index is 11.8. The van der Waals surface area contributed by atoms with E-state index in [1.54, 1.807) is 19.2 Å². The molecule has 6 nitrogen and oxygen atoms in total. The summed E-state index contributed by atoms with van der Waals surface area (Å²) in [6, 6.07) is 5.32. The molecular formula is C11H15N5O. The molecule has 17 heavy (non-hydrogen) atoms. The van der Waals surface area contributed by atoms with Crippen LogP contribution in [0.25, 0.3) is 0 Å². The molecule has 0 spiro atoms. The van der Waals surface area contributed by atoms with Crippen LogP contribution in [0.1, 0.15) is 23.8 Å². The second-order valence-electron chi connectivity index (χ2n) is 3.47. The van der Waals surface area contributed by atoms with Crippen LogP contribution in [0.3, 0.4) is 0 Å². The van der Waals surface area contributed by atoms with Gasteiger partial charge in [0.25, 0.3) is 5.91 Å². The number of aromatic nitrogens is 2. The minimum Gasteiger partial charge on any atom is -0.369 e. The number of rotatable bonds is 5. The van der Waals surface area contributed by atoms with Crippen LogP contribution in [0.4, 0.5) is 5.82 Å². The second kappa shape index (κ2) is 6.43. The van der Waals surface area contributed by atoms with Gasteiger partial charge >= 0.3 is 0 Å². The van der Waals surface area contributed by atoms with Crippen molar-refractivity contribution in [2.45, 2.75) is 13.3 Å². The van der Waals surface area contributed by atoms with Crippen LogP contribution in [0.15, 0.2) is 12.1 Å². The number of nitriles is 1. The van der Waals surface area contributed by atoms with Gasteiger partial charge in [0.05, 0.1) is 12.5 Å². The Hall–Kier alpha value is -2.16. The first-order valence-corrected chi connectivity index (χ1v) is 5.39. The summed E-state index contributed by atoms with van der Waals surface area (Å²) in [5, 5.41) is 19.2. The lowest BCUT2D eigenvalue weighted by Gasteiger charge is -2.14. The zero-order valence-electron chi connectivity index (χ0n) is 9.97. The third kappa shape index (κ3) is 3.72. The number of amides is 1. The smallest absolute Gasteiger partial charge is 0.274 e. The van der Waals surface area contributed by atoms with Crippen molar-refractivity contribution in [3.05, 3.63) is 17.8 Å². The molecule has 0 radical (unpaired) electrons. The van der Waals surface area contributed by atoms with Gasteiger partial charge in [-0.05, 0) is 19.1 Å². The molecule has 0 aliphatic rings. The number of anilines is 1. The van der Waals surface area contributed by atoms with Crippen molar-refractivity contribution in [2.75, 3.05) is 25.5 Å². The normalized spacial score (nSPS) is 9.47. The highest BCUT2D eigenvalue weighted by molar-refractivity contribution is 5.92. The van der Waals surface area contributed by atoms with Gasteiger partial charge in [0.15, 0.2) is 5.69 Å². The molecule has 0 bridgehead atoms. The van der Waals surface area contributed by atoms with Gasteiger partial charge in [-0.15, -0.1) is 10.2 Å². The van der Waals surface area contributed by atoms with E-state index >= 15 is 0 Å².